The molecule has 1 N–H and O–H groups in total. The van der Waals surface area contributed by atoms with Gasteiger partial charge in [-0.2, -0.15) is 0 Å². The Morgan fingerprint density at radius 2 is 1.73 bits per heavy atom. The summed E-state index contributed by atoms with van der Waals surface area (Å²) in [6.45, 7) is -0.0972. The van der Waals surface area contributed by atoms with E-state index < -0.39 is 52.8 Å². The summed E-state index contributed by atoms with van der Waals surface area (Å²) in [5.41, 5.74) is -0.752. The van der Waals surface area contributed by atoms with Gasteiger partial charge in [-0.1, -0.05) is 24.3 Å². The fourth-order valence-corrected chi connectivity index (χ4v) is 6.04. The number of ketones is 2. The molecule has 3 aromatic rings. The van der Waals surface area contributed by atoms with Gasteiger partial charge in [0.05, 0.1) is 22.8 Å². The third-order valence-corrected chi connectivity index (χ3v) is 7.75. The van der Waals surface area contributed by atoms with Crippen molar-refractivity contribution < 1.29 is 32.6 Å². The average molecular weight is 616 g/mol. The Kier molecular flexibility index (Phi) is 5.87. The van der Waals surface area contributed by atoms with Crippen LogP contribution in [-0.4, -0.2) is 37.0 Å². The van der Waals surface area contributed by atoms with Crippen molar-refractivity contribution in [3.63, 3.8) is 0 Å². The summed E-state index contributed by atoms with van der Waals surface area (Å²) in [5.74, 6) is -3.41. The number of carbonyl (C=O) groups is 2. The molecule has 0 saturated heterocycles. The zero-order valence-corrected chi connectivity index (χ0v) is 21.8. The van der Waals surface area contributed by atoms with Crippen LogP contribution in [0.1, 0.15) is 23.9 Å². The number of ether oxygens (including phenoxy) is 1. The monoisotopic (exact) mass is 615 g/mol. The Labute approximate surface area is 230 Å². The molecule has 0 amide bonds. The molecule has 1 aromatic heterocycles. The van der Waals surface area contributed by atoms with Gasteiger partial charge in [-0.25, -0.2) is 23.5 Å². The summed E-state index contributed by atoms with van der Waals surface area (Å²) in [6.07, 6.45) is -2.50. The van der Waals surface area contributed by atoms with E-state index in [1.54, 1.807) is 36.4 Å². The number of benzene rings is 2. The molecule has 0 spiro atoms. The van der Waals surface area contributed by atoms with E-state index in [4.69, 9.17) is 0 Å². The SMILES string of the molecule is O=C1C=C(Br)C(=O)C2=C1C(c1cc(OC(F)(F)F)ccc1O)C1=CCn3c(=O)n(-c4ccccc4)c(=O)n3C1C2. The zero-order chi connectivity index (χ0) is 28.5. The van der Waals surface area contributed by atoms with E-state index in [1.807, 2.05) is 0 Å². The van der Waals surface area contributed by atoms with Crippen LogP contribution in [0, 0.1) is 0 Å². The number of Topliss-reactive ketones (excluding diaryl/α,β-unsaturated/α-hetero) is 1. The lowest BCUT2D eigenvalue weighted by Gasteiger charge is -2.39. The molecule has 0 fully saturated rings. The van der Waals surface area contributed by atoms with Crippen LogP contribution in [0.4, 0.5) is 13.2 Å². The van der Waals surface area contributed by atoms with Gasteiger partial charge in [0.1, 0.15) is 11.5 Å². The number of phenols is 1. The molecule has 0 bridgehead atoms. The lowest BCUT2D eigenvalue weighted by Crippen LogP contribution is -2.40. The van der Waals surface area contributed by atoms with Crippen LogP contribution in [0.5, 0.6) is 11.5 Å². The Morgan fingerprint density at radius 1 is 1.00 bits per heavy atom. The summed E-state index contributed by atoms with van der Waals surface area (Å²) >= 11 is 3.09. The third-order valence-electron chi connectivity index (χ3n) is 7.16. The molecule has 6 rings (SSSR count). The normalized spacial score (nSPS) is 20.4. The quantitative estimate of drug-likeness (QED) is 0.354. The predicted molar refractivity (Wildman–Crippen MR) is 138 cm³/mol. The Hall–Kier alpha value is -4.39. The van der Waals surface area contributed by atoms with E-state index in [-0.39, 0.29) is 34.2 Å². The fourth-order valence-electron chi connectivity index (χ4n) is 5.59. The Balaban J connectivity index is 1.58. The van der Waals surface area contributed by atoms with E-state index in [9.17, 15) is 37.5 Å². The van der Waals surface area contributed by atoms with Crippen molar-refractivity contribution >= 4 is 27.5 Å². The number of aromatic hydroxyl groups is 1. The molecular weight excluding hydrogens is 599 g/mol. The van der Waals surface area contributed by atoms with Crippen LogP contribution in [0.25, 0.3) is 5.69 Å². The molecule has 13 heteroatoms. The number of fused-ring (bicyclic) bond motifs is 3. The molecule has 2 aromatic carbocycles. The summed E-state index contributed by atoms with van der Waals surface area (Å²) in [5, 5.41) is 10.8. The third kappa shape index (κ3) is 3.99. The molecule has 0 saturated carbocycles. The minimum Gasteiger partial charge on any atom is -0.508 e. The number of allylic oxidation sites excluding steroid dienone is 6. The van der Waals surface area contributed by atoms with Crippen molar-refractivity contribution in [1.82, 2.24) is 13.9 Å². The molecule has 204 valence electrons. The smallest absolute Gasteiger partial charge is 0.508 e. The highest BCUT2D eigenvalue weighted by Crippen LogP contribution is 2.52. The molecule has 3 aliphatic rings. The number of rotatable bonds is 3. The number of phenolic OH excluding ortho intramolecular Hbond substituents is 1. The van der Waals surface area contributed by atoms with Gasteiger partial charge in [0, 0.05) is 35.1 Å². The molecule has 0 radical (unpaired) electrons. The number of halogens is 4. The summed E-state index contributed by atoms with van der Waals surface area (Å²) in [7, 11) is 0. The maximum absolute atomic E-state index is 13.7. The van der Waals surface area contributed by atoms with Gasteiger partial charge in [-0.05, 0) is 51.8 Å². The standard InChI is InChI=1S/C27H17BrF3N3O6/c28-18-12-21(36)23-17(24(18)37)11-19-15(22(23)16-10-14(6-7-20(16)35)40-27(29,30)31)8-9-32-25(38)33(26(39)34(19)32)13-4-2-1-3-5-13/h1-8,10,12,19,22,35H,9,11H2. The van der Waals surface area contributed by atoms with E-state index in [0.717, 1.165) is 28.8 Å². The van der Waals surface area contributed by atoms with Crippen LogP contribution in [0.2, 0.25) is 0 Å². The molecule has 40 heavy (non-hydrogen) atoms. The van der Waals surface area contributed by atoms with Crippen LogP contribution in [-0.2, 0) is 16.1 Å². The maximum Gasteiger partial charge on any atom is 0.573 e. The van der Waals surface area contributed by atoms with E-state index >= 15 is 0 Å². The number of hydrogen-bond acceptors (Lipinski definition) is 6. The molecule has 2 atom stereocenters. The fraction of sp³-hybridized carbons (Fsp3) is 0.185. The largest absolute Gasteiger partial charge is 0.573 e. The molecule has 2 heterocycles. The number of hydrogen-bond donors (Lipinski definition) is 1. The minimum atomic E-state index is -5.02. The first kappa shape index (κ1) is 25.9. The molecule has 1 aliphatic heterocycles. The van der Waals surface area contributed by atoms with Crippen molar-refractivity contribution in [2.75, 3.05) is 0 Å². The topological polar surface area (TPSA) is 113 Å². The lowest BCUT2D eigenvalue weighted by atomic mass is 9.68. The highest BCUT2D eigenvalue weighted by molar-refractivity contribution is 9.12. The number of para-hydroxylation sites is 1. The van der Waals surface area contributed by atoms with Gasteiger partial charge in [0.2, 0.25) is 0 Å². The van der Waals surface area contributed by atoms with Crippen molar-refractivity contribution in [3.05, 3.63) is 108 Å². The van der Waals surface area contributed by atoms with Gasteiger partial charge < -0.3 is 9.84 Å². The number of alkyl halides is 3. The number of nitrogens with zero attached hydrogens (tertiary/aromatic N) is 3. The van der Waals surface area contributed by atoms with Gasteiger partial charge in [0.15, 0.2) is 11.6 Å². The first-order chi connectivity index (χ1) is 19.0. The highest BCUT2D eigenvalue weighted by Gasteiger charge is 2.46. The zero-order valence-electron chi connectivity index (χ0n) is 20.2. The Bertz CT molecular complexity index is 1830. The molecule has 2 aliphatic carbocycles. The molecule has 2 unspecified atom stereocenters. The van der Waals surface area contributed by atoms with Crippen molar-refractivity contribution in [2.24, 2.45) is 0 Å². The lowest BCUT2D eigenvalue weighted by molar-refractivity contribution is -0.274. The second kappa shape index (κ2) is 9.08. The average Bonchev–Trinajstić information content (AvgIpc) is 3.16. The summed E-state index contributed by atoms with van der Waals surface area (Å²) in [6, 6.07) is 10.1. The molecular formula is C27H17BrF3N3O6. The minimum absolute atomic E-state index is 0.0216. The number of aromatic nitrogens is 3. The second-order valence-corrected chi connectivity index (χ2v) is 10.2. The first-order valence-corrected chi connectivity index (χ1v) is 12.7. The van der Waals surface area contributed by atoms with Crippen LogP contribution in [0.15, 0.2) is 91.5 Å². The summed E-state index contributed by atoms with van der Waals surface area (Å²) < 4.78 is 46.4. The Morgan fingerprint density at radius 3 is 2.42 bits per heavy atom. The van der Waals surface area contributed by atoms with Crippen molar-refractivity contribution in [3.8, 4) is 17.2 Å². The molecule has 9 nitrogen and oxygen atoms in total. The first-order valence-electron chi connectivity index (χ1n) is 11.9. The van der Waals surface area contributed by atoms with Gasteiger partial charge in [-0.15, -0.1) is 13.2 Å². The highest BCUT2D eigenvalue weighted by atomic mass is 79.9. The van der Waals surface area contributed by atoms with Crippen LogP contribution in [0.3, 0.4) is 0 Å². The van der Waals surface area contributed by atoms with Crippen LogP contribution < -0.4 is 16.1 Å². The second-order valence-electron chi connectivity index (χ2n) is 9.37. The maximum atomic E-state index is 13.7. The van der Waals surface area contributed by atoms with Gasteiger partial charge in [-0.3, -0.25) is 9.59 Å². The summed E-state index contributed by atoms with van der Waals surface area (Å²) in [4.78, 5) is 53.5. The van der Waals surface area contributed by atoms with Crippen LogP contribution >= 0.6 is 15.9 Å². The number of carbonyl (C=O) groups excluding carboxylic acids is 2. The van der Waals surface area contributed by atoms with E-state index in [1.165, 1.54) is 9.36 Å². The predicted octanol–water partition coefficient (Wildman–Crippen LogP) is 3.80. The van der Waals surface area contributed by atoms with E-state index in [2.05, 4.69) is 20.7 Å². The van der Waals surface area contributed by atoms with Crippen molar-refractivity contribution in [2.45, 2.75) is 31.3 Å². The van der Waals surface area contributed by atoms with Gasteiger partial charge in [0.25, 0.3) is 0 Å². The van der Waals surface area contributed by atoms with Crippen molar-refractivity contribution in [1.29, 1.82) is 0 Å². The van der Waals surface area contributed by atoms with Gasteiger partial charge >= 0.3 is 17.7 Å². The van der Waals surface area contributed by atoms with E-state index in [0.29, 0.717) is 11.3 Å².